The Balaban J connectivity index is 1.23. The van der Waals surface area contributed by atoms with Gasteiger partial charge in [-0.25, -0.2) is 0 Å². The van der Waals surface area contributed by atoms with Crippen molar-refractivity contribution in [3.63, 3.8) is 0 Å². The van der Waals surface area contributed by atoms with E-state index < -0.39 is 0 Å². The molecule has 4 unspecified atom stereocenters. The molecular weight excluding hydrogens is 336 g/mol. The van der Waals surface area contributed by atoms with Crippen molar-refractivity contribution in [2.45, 2.75) is 96.3 Å². The van der Waals surface area contributed by atoms with Crippen LogP contribution in [-0.2, 0) is 6.42 Å². The van der Waals surface area contributed by atoms with Gasteiger partial charge >= 0.3 is 0 Å². The van der Waals surface area contributed by atoms with Gasteiger partial charge in [-0.3, -0.25) is 0 Å². The van der Waals surface area contributed by atoms with Crippen LogP contribution >= 0.6 is 0 Å². The van der Waals surface area contributed by atoms with Gasteiger partial charge in [0.1, 0.15) is 0 Å². The Hall–Kier alpha value is -1.04. The van der Waals surface area contributed by atoms with Crippen LogP contribution in [0.15, 0.2) is 36.9 Å². The molecule has 1 aromatic rings. The van der Waals surface area contributed by atoms with Crippen LogP contribution in [0.1, 0.15) is 101 Å². The third-order valence-corrected chi connectivity index (χ3v) is 8.67. The molecule has 0 heteroatoms. The van der Waals surface area contributed by atoms with E-state index in [9.17, 15) is 0 Å². The first-order chi connectivity index (χ1) is 13.7. The second-order valence-corrected chi connectivity index (χ2v) is 10.6. The summed E-state index contributed by atoms with van der Waals surface area (Å²) >= 11 is 0. The Kier molecular flexibility index (Phi) is 6.97. The van der Waals surface area contributed by atoms with E-state index in [0.717, 1.165) is 41.9 Å². The Morgan fingerprint density at radius 2 is 1.43 bits per heavy atom. The smallest absolute Gasteiger partial charge is 0.0100 e. The molecule has 0 N–H and O–H groups in total. The topological polar surface area (TPSA) is 0 Å². The maximum atomic E-state index is 3.86. The third kappa shape index (κ3) is 5.11. The molecule has 3 fully saturated rings. The summed E-state index contributed by atoms with van der Waals surface area (Å²) < 4.78 is 0. The van der Waals surface area contributed by atoms with Gasteiger partial charge in [0, 0.05) is 0 Å². The second kappa shape index (κ2) is 9.64. The number of allylic oxidation sites excluding steroid dienone is 1. The van der Waals surface area contributed by atoms with E-state index in [1.807, 2.05) is 6.08 Å². The zero-order valence-corrected chi connectivity index (χ0v) is 18.3. The van der Waals surface area contributed by atoms with Gasteiger partial charge in [-0.15, -0.1) is 6.58 Å². The van der Waals surface area contributed by atoms with E-state index in [1.165, 1.54) is 76.2 Å². The predicted molar refractivity (Wildman–Crippen MR) is 122 cm³/mol. The maximum absolute atomic E-state index is 3.86. The molecule has 0 aromatic heterocycles. The highest BCUT2D eigenvalue weighted by Crippen LogP contribution is 2.48. The molecule has 3 aliphatic carbocycles. The van der Waals surface area contributed by atoms with Crippen LogP contribution in [0, 0.1) is 29.6 Å². The lowest BCUT2D eigenvalue weighted by Gasteiger charge is -2.42. The monoisotopic (exact) mass is 378 g/mol. The van der Waals surface area contributed by atoms with E-state index in [4.69, 9.17) is 0 Å². The highest BCUT2D eigenvalue weighted by atomic mass is 14.4. The SMILES string of the molecule is C=CCc1ccc(C2CCC3CC(CCC4CCC(C)CC4)CCC3C2)cc1. The zero-order chi connectivity index (χ0) is 19.3. The molecule has 154 valence electrons. The highest BCUT2D eigenvalue weighted by molar-refractivity contribution is 5.27. The Bertz CT molecular complexity index is 603. The van der Waals surface area contributed by atoms with E-state index in [0.29, 0.717) is 0 Å². The molecule has 4 atom stereocenters. The van der Waals surface area contributed by atoms with E-state index in [-0.39, 0.29) is 0 Å². The highest BCUT2D eigenvalue weighted by Gasteiger charge is 2.36. The molecule has 4 rings (SSSR count). The molecule has 0 nitrogen and oxygen atoms in total. The van der Waals surface area contributed by atoms with Gasteiger partial charge in [0.2, 0.25) is 0 Å². The number of hydrogen-bond acceptors (Lipinski definition) is 0. The second-order valence-electron chi connectivity index (χ2n) is 10.6. The first-order valence-corrected chi connectivity index (χ1v) is 12.4. The van der Waals surface area contributed by atoms with Gasteiger partial charge in [0.15, 0.2) is 0 Å². The number of rotatable bonds is 6. The van der Waals surface area contributed by atoms with E-state index in [1.54, 1.807) is 12.0 Å². The van der Waals surface area contributed by atoms with Gasteiger partial charge in [-0.1, -0.05) is 82.2 Å². The first kappa shape index (κ1) is 20.2. The zero-order valence-electron chi connectivity index (χ0n) is 18.3. The summed E-state index contributed by atoms with van der Waals surface area (Å²) in [7, 11) is 0. The summed E-state index contributed by atoms with van der Waals surface area (Å²) in [6.45, 7) is 6.31. The van der Waals surface area contributed by atoms with Crippen LogP contribution in [0.3, 0.4) is 0 Å². The molecular formula is C28H42. The normalized spacial score (nSPS) is 35.9. The minimum Gasteiger partial charge on any atom is -0.103 e. The van der Waals surface area contributed by atoms with Crippen LogP contribution in [0.4, 0.5) is 0 Å². The third-order valence-electron chi connectivity index (χ3n) is 8.67. The quantitative estimate of drug-likeness (QED) is 0.436. The minimum absolute atomic E-state index is 0.819. The van der Waals surface area contributed by atoms with Crippen molar-refractivity contribution in [1.29, 1.82) is 0 Å². The van der Waals surface area contributed by atoms with Crippen LogP contribution in [-0.4, -0.2) is 0 Å². The van der Waals surface area contributed by atoms with E-state index in [2.05, 4.69) is 37.8 Å². The molecule has 3 aliphatic rings. The summed E-state index contributed by atoms with van der Waals surface area (Å²) in [5.41, 5.74) is 3.00. The van der Waals surface area contributed by atoms with Crippen LogP contribution in [0.2, 0.25) is 0 Å². The van der Waals surface area contributed by atoms with Crippen LogP contribution < -0.4 is 0 Å². The lowest BCUT2D eigenvalue weighted by atomic mass is 9.63. The van der Waals surface area contributed by atoms with Crippen molar-refractivity contribution in [2.75, 3.05) is 0 Å². The summed E-state index contributed by atoms with van der Waals surface area (Å²) in [6, 6.07) is 9.46. The van der Waals surface area contributed by atoms with Crippen molar-refractivity contribution in [1.82, 2.24) is 0 Å². The molecule has 0 spiro atoms. The van der Waals surface area contributed by atoms with Gasteiger partial charge in [0.25, 0.3) is 0 Å². The van der Waals surface area contributed by atoms with Gasteiger partial charge in [-0.2, -0.15) is 0 Å². The van der Waals surface area contributed by atoms with Crippen molar-refractivity contribution in [3.05, 3.63) is 48.0 Å². The van der Waals surface area contributed by atoms with Gasteiger partial charge in [0.05, 0.1) is 0 Å². The fourth-order valence-electron chi connectivity index (χ4n) is 6.73. The fraction of sp³-hybridized carbons (Fsp3) is 0.714. The lowest BCUT2D eigenvalue weighted by Crippen LogP contribution is -2.30. The molecule has 0 aliphatic heterocycles. The average Bonchev–Trinajstić information content (AvgIpc) is 2.74. The Labute approximate surface area is 174 Å². The Morgan fingerprint density at radius 3 is 2.18 bits per heavy atom. The summed E-state index contributed by atoms with van der Waals surface area (Å²) in [5.74, 6) is 5.99. The van der Waals surface area contributed by atoms with E-state index >= 15 is 0 Å². The van der Waals surface area contributed by atoms with Gasteiger partial charge < -0.3 is 0 Å². The van der Waals surface area contributed by atoms with Crippen molar-refractivity contribution < 1.29 is 0 Å². The molecule has 0 saturated heterocycles. The summed E-state index contributed by atoms with van der Waals surface area (Å²) in [5, 5.41) is 0. The minimum atomic E-state index is 0.819. The average molecular weight is 379 g/mol. The first-order valence-electron chi connectivity index (χ1n) is 12.4. The van der Waals surface area contributed by atoms with Crippen molar-refractivity contribution >= 4 is 0 Å². The van der Waals surface area contributed by atoms with Crippen LogP contribution in [0.5, 0.6) is 0 Å². The van der Waals surface area contributed by atoms with Crippen molar-refractivity contribution in [3.8, 4) is 0 Å². The molecule has 0 bridgehead atoms. The lowest BCUT2D eigenvalue weighted by molar-refractivity contribution is 0.109. The molecule has 28 heavy (non-hydrogen) atoms. The van der Waals surface area contributed by atoms with Gasteiger partial charge in [-0.05, 0) is 85.2 Å². The summed E-state index contributed by atoms with van der Waals surface area (Å²) in [6.07, 6.45) is 21.1. The van der Waals surface area contributed by atoms with Crippen LogP contribution in [0.25, 0.3) is 0 Å². The van der Waals surface area contributed by atoms with Crippen molar-refractivity contribution in [2.24, 2.45) is 29.6 Å². The molecule has 1 aromatic carbocycles. The predicted octanol–water partition coefficient (Wildman–Crippen LogP) is 8.32. The number of fused-ring (bicyclic) bond motifs is 1. The largest absolute Gasteiger partial charge is 0.103 e. The fourth-order valence-corrected chi connectivity index (χ4v) is 6.73. The standard InChI is InChI=1S/C28H42/c1-3-4-22-11-14-25(15-12-22)27-18-17-26-19-24(13-16-28(26)20-27)10-9-23-7-5-21(2)6-8-23/h3,11-12,14-15,21,23-24,26-28H,1,4-10,13,16-20H2,2H3. The Morgan fingerprint density at radius 1 is 0.786 bits per heavy atom. The molecule has 3 saturated carbocycles. The molecule has 0 amide bonds. The number of benzene rings is 1. The number of hydrogen-bond donors (Lipinski definition) is 0. The molecule has 0 heterocycles. The maximum Gasteiger partial charge on any atom is -0.0100 e. The molecule has 0 radical (unpaired) electrons. The summed E-state index contributed by atoms with van der Waals surface area (Å²) in [4.78, 5) is 0.